The third kappa shape index (κ3) is 2.73. The Kier molecular flexibility index (Phi) is 3.25. The molecule has 0 atom stereocenters. The van der Waals surface area contributed by atoms with Crippen molar-refractivity contribution in [3.8, 4) is 5.88 Å². The summed E-state index contributed by atoms with van der Waals surface area (Å²) in [4.78, 5) is 25.5. The highest BCUT2D eigenvalue weighted by Gasteiger charge is 2.08. The van der Waals surface area contributed by atoms with Crippen LogP contribution in [-0.4, -0.2) is 11.0 Å². The van der Waals surface area contributed by atoms with Crippen LogP contribution in [0, 0.1) is 0 Å². The molecule has 17 heavy (non-hydrogen) atoms. The average Bonchev–Trinajstić information content (AvgIpc) is 2.35. The third-order valence-electron chi connectivity index (χ3n) is 2.05. The number of nitrogens with one attached hydrogen (secondary N) is 1. The van der Waals surface area contributed by atoms with Gasteiger partial charge in [0.05, 0.1) is 5.56 Å². The van der Waals surface area contributed by atoms with Crippen LogP contribution in [-0.2, 0) is 0 Å². The van der Waals surface area contributed by atoms with Crippen molar-refractivity contribution in [1.82, 2.24) is 4.98 Å². The molecule has 0 radical (unpaired) electrons. The predicted octanol–water partition coefficient (Wildman–Crippen LogP) is 2.25. The number of aromatic amines is 1. The maximum absolute atomic E-state index is 11.6. The maximum Gasteiger partial charge on any atom is 0.344 e. The summed E-state index contributed by atoms with van der Waals surface area (Å²) in [6.07, 6.45) is 1.28. The summed E-state index contributed by atoms with van der Waals surface area (Å²) in [5, 5.41) is 0.0458. The van der Waals surface area contributed by atoms with Crippen LogP contribution in [0.4, 0.5) is 0 Å². The molecular weight excluding hydrogens is 242 g/mol. The van der Waals surface area contributed by atoms with Crippen molar-refractivity contribution >= 4 is 17.6 Å². The molecule has 0 fully saturated rings. The summed E-state index contributed by atoms with van der Waals surface area (Å²) in [7, 11) is 0. The monoisotopic (exact) mass is 249 g/mol. The second kappa shape index (κ2) is 4.84. The number of carbonyl (C=O) groups excluding carboxylic acids is 1. The lowest BCUT2D eigenvalue weighted by Gasteiger charge is -2.03. The van der Waals surface area contributed by atoms with E-state index >= 15 is 0 Å². The number of rotatable bonds is 2. The standard InChI is InChI=1S/C12H8ClNO3/c13-9-7-14-11(6-10(9)15)17-12(16)8-4-2-1-3-5-8/h1-7H,(H,14,15). The number of benzene rings is 1. The van der Waals surface area contributed by atoms with E-state index in [1.807, 2.05) is 0 Å². The van der Waals surface area contributed by atoms with Crippen molar-refractivity contribution < 1.29 is 9.53 Å². The average molecular weight is 250 g/mol. The summed E-state index contributed by atoms with van der Waals surface area (Å²) in [5.74, 6) is -0.475. The Morgan fingerprint density at radius 1 is 1.24 bits per heavy atom. The Morgan fingerprint density at radius 3 is 2.59 bits per heavy atom. The molecule has 1 aromatic heterocycles. The zero-order valence-electron chi connectivity index (χ0n) is 8.64. The van der Waals surface area contributed by atoms with Crippen LogP contribution in [0.1, 0.15) is 10.4 Å². The van der Waals surface area contributed by atoms with Crippen molar-refractivity contribution in [2.75, 3.05) is 0 Å². The first-order chi connectivity index (χ1) is 8.16. The zero-order chi connectivity index (χ0) is 12.3. The van der Waals surface area contributed by atoms with Gasteiger partial charge in [-0.05, 0) is 12.1 Å². The van der Waals surface area contributed by atoms with E-state index in [0.717, 1.165) is 6.07 Å². The van der Waals surface area contributed by atoms with E-state index in [9.17, 15) is 9.59 Å². The fraction of sp³-hybridized carbons (Fsp3) is 0. The third-order valence-corrected chi connectivity index (χ3v) is 2.35. The smallest absolute Gasteiger partial charge is 0.344 e. The minimum atomic E-state index is -0.538. The number of pyridine rings is 1. The van der Waals surface area contributed by atoms with Gasteiger partial charge in [0, 0.05) is 12.3 Å². The summed E-state index contributed by atoms with van der Waals surface area (Å²) in [6.45, 7) is 0. The van der Waals surface area contributed by atoms with E-state index < -0.39 is 11.4 Å². The second-order valence-corrected chi connectivity index (χ2v) is 3.67. The number of hydrogen-bond acceptors (Lipinski definition) is 3. The van der Waals surface area contributed by atoms with Crippen molar-refractivity contribution in [1.29, 1.82) is 0 Å². The summed E-state index contributed by atoms with van der Waals surface area (Å²) < 4.78 is 4.98. The molecule has 0 amide bonds. The Balaban J connectivity index is 2.19. The van der Waals surface area contributed by atoms with Crippen LogP contribution in [0.15, 0.2) is 47.4 Å². The largest absolute Gasteiger partial charge is 0.406 e. The molecule has 0 aliphatic heterocycles. The number of carbonyl (C=O) groups is 1. The highest BCUT2D eigenvalue weighted by molar-refractivity contribution is 6.30. The quantitative estimate of drug-likeness (QED) is 0.831. The van der Waals surface area contributed by atoms with Crippen LogP contribution < -0.4 is 10.2 Å². The minimum absolute atomic E-state index is 0.0458. The molecule has 0 aliphatic carbocycles. The molecule has 1 N–H and O–H groups in total. The van der Waals surface area contributed by atoms with Gasteiger partial charge in [0.1, 0.15) is 5.02 Å². The molecule has 0 unspecified atom stereocenters. The molecule has 0 saturated heterocycles. The highest BCUT2D eigenvalue weighted by atomic mass is 35.5. The lowest BCUT2D eigenvalue weighted by molar-refractivity contribution is 0.0727. The number of H-pyrrole nitrogens is 1. The topological polar surface area (TPSA) is 59.2 Å². The predicted molar refractivity (Wildman–Crippen MR) is 63.5 cm³/mol. The zero-order valence-corrected chi connectivity index (χ0v) is 9.40. The normalized spacial score (nSPS) is 9.94. The molecule has 0 saturated carbocycles. The van der Waals surface area contributed by atoms with Crippen molar-refractivity contribution in [3.05, 3.63) is 63.4 Å². The highest BCUT2D eigenvalue weighted by Crippen LogP contribution is 2.09. The molecule has 1 heterocycles. The van der Waals surface area contributed by atoms with Crippen LogP contribution in [0.5, 0.6) is 5.88 Å². The Bertz CT molecular complexity index is 592. The summed E-state index contributed by atoms with van der Waals surface area (Å²) >= 11 is 5.55. The van der Waals surface area contributed by atoms with Crippen molar-refractivity contribution in [3.63, 3.8) is 0 Å². The van der Waals surface area contributed by atoms with E-state index in [0.29, 0.717) is 5.56 Å². The van der Waals surface area contributed by atoms with Gasteiger partial charge in [0.15, 0.2) is 0 Å². The molecule has 86 valence electrons. The summed E-state index contributed by atoms with van der Waals surface area (Å²) in [5.41, 5.74) is 0.00424. The minimum Gasteiger partial charge on any atom is -0.406 e. The molecular formula is C12H8ClNO3. The van der Waals surface area contributed by atoms with E-state index in [2.05, 4.69) is 4.98 Å². The Hall–Kier alpha value is -2.07. The first-order valence-electron chi connectivity index (χ1n) is 4.82. The molecule has 2 aromatic rings. The van der Waals surface area contributed by atoms with E-state index in [1.165, 1.54) is 6.20 Å². The van der Waals surface area contributed by atoms with Crippen molar-refractivity contribution in [2.45, 2.75) is 0 Å². The lowest BCUT2D eigenvalue weighted by Crippen LogP contribution is -2.11. The van der Waals surface area contributed by atoms with Gasteiger partial charge in [-0.3, -0.25) is 4.79 Å². The van der Waals surface area contributed by atoms with Gasteiger partial charge in [-0.1, -0.05) is 29.8 Å². The van der Waals surface area contributed by atoms with Crippen LogP contribution >= 0.6 is 11.6 Å². The van der Waals surface area contributed by atoms with Crippen LogP contribution in [0.3, 0.4) is 0 Å². The molecule has 1 aromatic carbocycles. The van der Waals surface area contributed by atoms with Crippen molar-refractivity contribution in [2.24, 2.45) is 0 Å². The molecule has 0 aliphatic rings. The first-order valence-corrected chi connectivity index (χ1v) is 5.20. The summed E-state index contributed by atoms with van der Waals surface area (Å²) in [6, 6.07) is 9.61. The van der Waals surface area contributed by atoms with E-state index in [1.54, 1.807) is 30.3 Å². The van der Waals surface area contributed by atoms with Gasteiger partial charge in [0.2, 0.25) is 11.3 Å². The van der Waals surface area contributed by atoms with Crippen LogP contribution in [0.25, 0.3) is 0 Å². The van der Waals surface area contributed by atoms with E-state index in [-0.39, 0.29) is 10.9 Å². The number of hydrogen-bond donors (Lipinski definition) is 1. The maximum atomic E-state index is 11.6. The fourth-order valence-corrected chi connectivity index (χ4v) is 1.34. The van der Waals surface area contributed by atoms with Gasteiger partial charge in [0.25, 0.3) is 0 Å². The second-order valence-electron chi connectivity index (χ2n) is 3.26. The molecule has 2 rings (SSSR count). The number of ether oxygens (including phenoxy) is 1. The Morgan fingerprint density at radius 2 is 1.94 bits per heavy atom. The Labute approximate surface area is 102 Å². The van der Waals surface area contributed by atoms with Gasteiger partial charge in [-0.25, -0.2) is 4.79 Å². The van der Waals surface area contributed by atoms with Crippen LogP contribution in [0.2, 0.25) is 5.02 Å². The van der Waals surface area contributed by atoms with Gasteiger partial charge < -0.3 is 9.72 Å². The van der Waals surface area contributed by atoms with Gasteiger partial charge in [-0.2, -0.15) is 0 Å². The number of halogens is 1. The fourth-order valence-electron chi connectivity index (χ4n) is 1.23. The number of aromatic nitrogens is 1. The molecule has 4 nitrogen and oxygen atoms in total. The SMILES string of the molecule is O=C(Oc1cc(=O)c(Cl)c[nH]1)c1ccccc1. The molecule has 0 spiro atoms. The molecule has 0 bridgehead atoms. The number of esters is 1. The first kappa shape index (κ1) is 11.4. The van der Waals surface area contributed by atoms with E-state index in [4.69, 9.17) is 16.3 Å². The van der Waals surface area contributed by atoms with Gasteiger partial charge in [-0.15, -0.1) is 0 Å². The lowest BCUT2D eigenvalue weighted by atomic mass is 10.2. The molecule has 5 heteroatoms. The van der Waals surface area contributed by atoms with Gasteiger partial charge >= 0.3 is 5.97 Å².